The summed E-state index contributed by atoms with van der Waals surface area (Å²) in [6.07, 6.45) is -0.0827. The van der Waals surface area contributed by atoms with Crippen molar-refractivity contribution in [3.05, 3.63) is 33.8 Å². The lowest BCUT2D eigenvalue weighted by Crippen LogP contribution is -2.46. The summed E-state index contributed by atoms with van der Waals surface area (Å²) in [4.78, 5) is 16.1. The van der Waals surface area contributed by atoms with Gasteiger partial charge in [0.1, 0.15) is 0 Å². The molecule has 1 heterocycles. The minimum atomic E-state index is -0.0827. The zero-order valence-corrected chi connectivity index (χ0v) is 14.7. The third-order valence-corrected chi connectivity index (χ3v) is 4.73. The zero-order valence-electron chi connectivity index (χ0n) is 13.2. The minimum absolute atomic E-state index is 0.0827. The van der Waals surface area contributed by atoms with Crippen LogP contribution in [0.2, 0.25) is 10.0 Å². The predicted molar refractivity (Wildman–Crippen MR) is 89.5 cm³/mol. The summed E-state index contributed by atoms with van der Waals surface area (Å²) in [5.41, 5.74) is 0.990. The number of amides is 1. The van der Waals surface area contributed by atoms with Gasteiger partial charge in [-0.15, -0.1) is 0 Å². The Hall–Kier alpha value is -0.810. The average Bonchev–Trinajstić information content (AvgIpc) is 2.49. The maximum absolute atomic E-state index is 12.2. The first kappa shape index (κ1) is 17.5. The first-order valence-corrected chi connectivity index (χ1v) is 8.18. The fourth-order valence-corrected chi connectivity index (χ4v) is 2.66. The van der Waals surface area contributed by atoms with Gasteiger partial charge in [0.05, 0.1) is 29.3 Å². The second-order valence-electron chi connectivity index (χ2n) is 5.87. The van der Waals surface area contributed by atoms with Crippen LogP contribution in [0.4, 0.5) is 0 Å². The first-order chi connectivity index (χ1) is 10.4. The van der Waals surface area contributed by atoms with Gasteiger partial charge >= 0.3 is 0 Å². The summed E-state index contributed by atoms with van der Waals surface area (Å²) < 4.78 is 5.81. The van der Waals surface area contributed by atoms with Gasteiger partial charge in [0.25, 0.3) is 0 Å². The highest BCUT2D eigenvalue weighted by Crippen LogP contribution is 2.29. The molecule has 0 aliphatic carbocycles. The number of hydrogen-bond acceptors (Lipinski definition) is 3. The van der Waals surface area contributed by atoms with Crippen LogP contribution in [-0.4, -0.2) is 55.0 Å². The Morgan fingerprint density at radius 3 is 2.77 bits per heavy atom. The molecule has 1 aliphatic heterocycles. The van der Waals surface area contributed by atoms with Crippen molar-refractivity contribution in [3.63, 3.8) is 0 Å². The van der Waals surface area contributed by atoms with Crippen molar-refractivity contribution in [2.24, 2.45) is 0 Å². The molecule has 1 aromatic carbocycles. The summed E-state index contributed by atoms with van der Waals surface area (Å²) in [5.74, 6) is 0.129. The van der Waals surface area contributed by atoms with E-state index >= 15 is 0 Å². The second-order valence-corrected chi connectivity index (χ2v) is 6.68. The van der Waals surface area contributed by atoms with Gasteiger partial charge in [-0.2, -0.15) is 0 Å². The average molecular weight is 345 g/mol. The van der Waals surface area contributed by atoms with Crippen LogP contribution in [0, 0.1) is 0 Å². The molecule has 1 aliphatic rings. The highest BCUT2D eigenvalue weighted by atomic mass is 35.5. The number of hydrogen-bond donors (Lipinski definition) is 0. The lowest BCUT2D eigenvalue weighted by molar-refractivity contribution is -0.134. The molecular formula is C16H22Cl2N2O2. The molecule has 1 atom stereocenters. The van der Waals surface area contributed by atoms with Gasteiger partial charge in [-0.1, -0.05) is 29.3 Å². The SMILES string of the molecule is CC(C)N(C)C(=O)CN1CCO[C@@H](c2ccc(Cl)c(Cl)c2)C1. The number of morpholine rings is 1. The van der Waals surface area contributed by atoms with Gasteiger partial charge in [-0.05, 0) is 31.5 Å². The molecule has 0 N–H and O–H groups in total. The summed E-state index contributed by atoms with van der Waals surface area (Å²) in [5, 5.41) is 1.06. The standard InChI is InChI=1S/C16H22Cl2N2O2/c1-11(2)19(3)16(21)10-20-6-7-22-15(9-20)12-4-5-13(17)14(18)8-12/h4-5,8,11,15H,6-7,9-10H2,1-3H3/t15-/m1/s1. The van der Waals surface area contributed by atoms with Crippen molar-refractivity contribution in [2.45, 2.75) is 26.0 Å². The molecule has 0 radical (unpaired) electrons. The van der Waals surface area contributed by atoms with E-state index in [0.717, 1.165) is 12.1 Å². The monoisotopic (exact) mass is 344 g/mol. The molecule has 0 saturated carbocycles. The predicted octanol–water partition coefficient (Wildman–Crippen LogP) is 3.23. The van der Waals surface area contributed by atoms with Crippen LogP contribution in [0.15, 0.2) is 18.2 Å². The lowest BCUT2D eigenvalue weighted by atomic mass is 10.1. The van der Waals surface area contributed by atoms with E-state index in [0.29, 0.717) is 29.7 Å². The highest BCUT2D eigenvalue weighted by molar-refractivity contribution is 6.42. The Morgan fingerprint density at radius 2 is 2.14 bits per heavy atom. The molecule has 1 saturated heterocycles. The Bertz CT molecular complexity index is 537. The molecule has 0 spiro atoms. The Morgan fingerprint density at radius 1 is 1.41 bits per heavy atom. The normalized spacial score (nSPS) is 19.5. The van der Waals surface area contributed by atoms with E-state index in [-0.39, 0.29) is 18.1 Å². The molecular weight excluding hydrogens is 323 g/mol. The van der Waals surface area contributed by atoms with Crippen molar-refractivity contribution in [1.82, 2.24) is 9.80 Å². The second kappa shape index (κ2) is 7.64. The van der Waals surface area contributed by atoms with E-state index in [2.05, 4.69) is 4.90 Å². The van der Waals surface area contributed by atoms with E-state index in [4.69, 9.17) is 27.9 Å². The van der Waals surface area contributed by atoms with Gasteiger partial charge < -0.3 is 9.64 Å². The van der Waals surface area contributed by atoms with Gasteiger partial charge in [0.15, 0.2) is 0 Å². The van der Waals surface area contributed by atoms with Crippen molar-refractivity contribution in [2.75, 3.05) is 33.3 Å². The number of benzene rings is 1. The molecule has 0 bridgehead atoms. The molecule has 2 rings (SSSR count). The van der Waals surface area contributed by atoms with Crippen LogP contribution in [0.25, 0.3) is 0 Å². The number of likely N-dealkylation sites (N-methyl/N-ethyl adjacent to an activating group) is 1. The third kappa shape index (κ3) is 4.35. The van der Waals surface area contributed by atoms with Crippen molar-refractivity contribution < 1.29 is 9.53 Å². The van der Waals surface area contributed by atoms with E-state index in [1.807, 2.05) is 33.0 Å². The zero-order chi connectivity index (χ0) is 16.3. The van der Waals surface area contributed by atoms with Crippen LogP contribution in [0.3, 0.4) is 0 Å². The molecule has 4 nitrogen and oxygen atoms in total. The fourth-order valence-electron chi connectivity index (χ4n) is 2.35. The lowest BCUT2D eigenvalue weighted by Gasteiger charge is -2.34. The smallest absolute Gasteiger partial charge is 0.236 e. The number of ether oxygens (including phenoxy) is 1. The van der Waals surface area contributed by atoms with E-state index in [1.54, 1.807) is 11.0 Å². The Balaban J connectivity index is 1.99. The molecule has 1 amide bonds. The van der Waals surface area contributed by atoms with Crippen LogP contribution >= 0.6 is 23.2 Å². The number of nitrogens with zero attached hydrogens (tertiary/aromatic N) is 2. The number of rotatable bonds is 4. The van der Waals surface area contributed by atoms with Crippen LogP contribution in [-0.2, 0) is 9.53 Å². The van der Waals surface area contributed by atoms with Crippen LogP contribution in [0.1, 0.15) is 25.5 Å². The van der Waals surface area contributed by atoms with Gasteiger partial charge in [-0.3, -0.25) is 9.69 Å². The molecule has 122 valence electrons. The summed E-state index contributed by atoms with van der Waals surface area (Å²) >= 11 is 12.0. The quantitative estimate of drug-likeness (QED) is 0.840. The van der Waals surface area contributed by atoms with Crippen molar-refractivity contribution in [3.8, 4) is 0 Å². The topological polar surface area (TPSA) is 32.8 Å². The number of carbonyl (C=O) groups is 1. The summed E-state index contributed by atoms with van der Waals surface area (Å²) in [6, 6.07) is 5.74. The number of carbonyl (C=O) groups excluding carboxylic acids is 1. The summed E-state index contributed by atoms with van der Waals surface area (Å²) in [6.45, 7) is 6.47. The first-order valence-electron chi connectivity index (χ1n) is 7.43. The fraction of sp³-hybridized carbons (Fsp3) is 0.562. The Kier molecular flexibility index (Phi) is 6.09. The van der Waals surface area contributed by atoms with Gasteiger partial charge in [-0.25, -0.2) is 0 Å². The third-order valence-electron chi connectivity index (χ3n) is 3.99. The highest BCUT2D eigenvalue weighted by Gasteiger charge is 2.25. The van der Waals surface area contributed by atoms with E-state index < -0.39 is 0 Å². The summed E-state index contributed by atoms with van der Waals surface area (Å²) in [7, 11) is 1.84. The van der Waals surface area contributed by atoms with Gasteiger partial charge in [0.2, 0.25) is 5.91 Å². The molecule has 1 fully saturated rings. The molecule has 22 heavy (non-hydrogen) atoms. The molecule has 6 heteroatoms. The number of halogens is 2. The van der Waals surface area contributed by atoms with Crippen LogP contribution < -0.4 is 0 Å². The van der Waals surface area contributed by atoms with Crippen molar-refractivity contribution in [1.29, 1.82) is 0 Å². The van der Waals surface area contributed by atoms with E-state index in [9.17, 15) is 4.79 Å². The maximum atomic E-state index is 12.2. The van der Waals surface area contributed by atoms with Crippen molar-refractivity contribution >= 4 is 29.1 Å². The molecule has 0 aromatic heterocycles. The molecule has 0 unspecified atom stereocenters. The van der Waals surface area contributed by atoms with Crippen LogP contribution in [0.5, 0.6) is 0 Å². The van der Waals surface area contributed by atoms with E-state index in [1.165, 1.54) is 0 Å². The van der Waals surface area contributed by atoms with Gasteiger partial charge in [0, 0.05) is 26.2 Å². The minimum Gasteiger partial charge on any atom is -0.371 e. The maximum Gasteiger partial charge on any atom is 0.236 e. The Labute approximate surface area is 141 Å². The molecule has 1 aromatic rings. The largest absolute Gasteiger partial charge is 0.371 e.